The Bertz CT molecular complexity index is 888. The van der Waals surface area contributed by atoms with Crippen LogP contribution in [0.25, 0.3) is 0 Å². The molecule has 2 aromatic carbocycles. The van der Waals surface area contributed by atoms with Crippen molar-refractivity contribution in [1.82, 2.24) is 5.43 Å². The van der Waals surface area contributed by atoms with Gasteiger partial charge in [-0.05, 0) is 24.3 Å². The second kappa shape index (κ2) is 11.3. The Morgan fingerprint density at radius 2 is 1.47 bits per heavy atom. The Morgan fingerprint density at radius 1 is 0.867 bits per heavy atom. The molecule has 0 heterocycles. The van der Waals surface area contributed by atoms with Crippen molar-refractivity contribution in [3.05, 3.63) is 42.0 Å². The molecule has 0 spiro atoms. The fraction of sp³-hybridized carbons (Fsp3) is 0.286. The average molecular weight is 415 g/mol. The van der Waals surface area contributed by atoms with Crippen molar-refractivity contribution < 1.29 is 28.5 Å². The van der Waals surface area contributed by atoms with Gasteiger partial charge >= 0.3 is 0 Å². The van der Waals surface area contributed by atoms with E-state index in [2.05, 4.69) is 15.8 Å². The van der Waals surface area contributed by atoms with Gasteiger partial charge < -0.3 is 24.3 Å². The first kappa shape index (κ1) is 22.5. The quantitative estimate of drug-likeness (QED) is 0.456. The molecule has 0 atom stereocenters. The predicted molar refractivity (Wildman–Crippen MR) is 113 cm³/mol. The third-order valence-corrected chi connectivity index (χ3v) is 4.05. The molecule has 0 unspecified atom stereocenters. The lowest BCUT2D eigenvalue weighted by atomic mass is 10.2. The number of rotatable bonds is 10. The van der Waals surface area contributed by atoms with Crippen LogP contribution in [-0.2, 0) is 9.59 Å². The fourth-order valence-electron chi connectivity index (χ4n) is 2.60. The molecule has 0 bridgehead atoms. The first-order chi connectivity index (χ1) is 14.5. The Morgan fingerprint density at radius 3 is 2.07 bits per heavy atom. The van der Waals surface area contributed by atoms with E-state index in [1.54, 1.807) is 36.4 Å². The summed E-state index contributed by atoms with van der Waals surface area (Å²) in [7, 11) is 6.05. The molecule has 0 aliphatic carbocycles. The Balaban J connectivity index is 1.88. The smallest absolute Gasteiger partial charge is 0.240 e. The summed E-state index contributed by atoms with van der Waals surface area (Å²) in [5.41, 5.74) is 3.57. The van der Waals surface area contributed by atoms with Gasteiger partial charge in [0.25, 0.3) is 0 Å². The number of nitrogens with zero attached hydrogens (tertiary/aromatic N) is 1. The summed E-state index contributed by atoms with van der Waals surface area (Å²) in [5, 5.41) is 6.62. The molecule has 9 nitrogen and oxygen atoms in total. The minimum absolute atomic E-state index is 0.00356. The molecule has 160 valence electrons. The molecule has 2 aromatic rings. The first-order valence-electron chi connectivity index (χ1n) is 9.07. The maximum Gasteiger partial charge on any atom is 0.240 e. The largest absolute Gasteiger partial charge is 0.495 e. The molecule has 9 heteroatoms. The molecule has 0 radical (unpaired) electrons. The molecule has 0 aliphatic heterocycles. The van der Waals surface area contributed by atoms with Gasteiger partial charge in [-0.15, -0.1) is 0 Å². The minimum atomic E-state index is -0.395. The van der Waals surface area contributed by atoms with Crippen LogP contribution in [0.4, 0.5) is 5.69 Å². The lowest BCUT2D eigenvalue weighted by Crippen LogP contribution is -2.20. The van der Waals surface area contributed by atoms with Crippen LogP contribution < -0.4 is 29.7 Å². The van der Waals surface area contributed by atoms with Gasteiger partial charge in [0.1, 0.15) is 5.75 Å². The number of nitrogens with one attached hydrogen (secondary N) is 2. The van der Waals surface area contributed by atoms with E-state index in [9.17, 15) is 9.59 Å². The average Bonchev–Trinajstić information content (AvgIpc) is 2.77. The van der Waals surface area contributed by atoms with Crippen molar-refractivity contribution in [2.24, 2.45) is 5.10 Å². The zero-order chi connectivity index (χ0) is 21.9. The number of hydrogen-bond acceptors (Lipinski definition) is 7. The normalized spacial score (nSPS) is 10.4. The zero-order valence-corrected chi connectivity index (χ0v) is 17.4. The Hall–Kier alpha value is -3.75. The monoisotopic (exact) mass is 415 g/mol. The van der Waals surface area contributed by atoms with E-state index < -0.39 is 5.91 Å². The Kier molecular flexibility index (Phi) is 8.49. The zero-order valence-electron chi connectivity index (χ0n) is 17.4. The van der Waals surface area contributed by atoms with Crippen LogP contribution in [0.15, 0.2) is 41.5 Å². The summed E-state index contributed by atoms with van der Waals surface area (Å²) < 4.78 is 21.0. The number of carbonyl (C=O) groups is 2. The van der Waals surface area contributed by atoms with Crippen LogP contribution in [0.3, 0.4) is 0 Å². The summed E-state index contributed by atoms with van der Waals surface area (Å²) in [6.45, 7) is 0. The lowest BCUT2D eigenvalue weighted by Gasteiger charge is -2.12. The fourth-order valence-corrected chi connectivity index (χ4v) is 2.60. The highest BCUT2D eigenvalue weighted by molar-refractivity contribution is 5.94. The summed E-state index contributed by atoms with van der Waals surface area (Å²) in [6, 6.07) is 10.4. The lowest BCUT2D eigenvalue weighted by molar-refractivity contribution is -0.124. The van der Waals surface area contributed by atoms with E-state index in [0.29, 0.717) is 34.2 Å². The van der Waals surface area contributed by atoms with Crippen LogP contribution >= 0.6 is 0 Å². The summed E-state index contributed by atoms with van der Waals surface area (Å²) in [4.78, 5) is 24.0. The van der Waals surface area contributed by atoms with Gasteiger partial charge in [-0.3, -0.25) is 9.59 Å². The van der Waals surface area contributed by atoms with E-state index >= 15 is 0 Å². The topological polar surface area (TPSA) is 107 Å². The number of hydrogen-bond donors (Lipinski definition) is 2. The molecule has 2 rings (SSSR count). The number of hydrazone groups is 1. The van der Waals surface area contributed by atoms with Crippen molar-refractivity contribution in [2.75, 3.05) is 33.8 Å². The highest BCUT2D eigenvalue weighted by atomic mass is 16.5. The predicted octanol–water partition coefficient (Wildman–Crippen LogP) is 2.59. The van der Waals surface area contributed by atoms with E-state index in [1.807, 2.05) is 0 Å². The van der Waals surface area contributed by atoms with E-state index in [0.717, 1.165) is 0 Å². The first-order valence-corrected chi connectivity index (χ1v) is 9.07. The van der Waals surface area contributed by atoms with Gasteiger partial charge in [-0.1, -0.05) is 12.1 Å². The van der Waals surface area contributed by atoms with Gasteiger partial charge in [0.05, 0.1) is 40.3 Å². The number of anilines is 1. The number of para-hydroxylation sites is 2. The number of amides is 2. The Labute approximate surface area is 175 Å². The second-order valence-corrected chi connectivity index (χ2v) is 6.00. The maximum absolute atomic E-state index is 12.1. The van der Waals surface area contributed by atoms with Gasteiger partial charge in [0.15, 0.2) is 11.5 Å². The van der Waals surface area contributed by atoms with Crippen molar-refractivity contribution in [3.63, 3.8) is 0 Å². The molecule has 0 aromatic heterocycles. The second-order valence-electron chi connectivity index (χ2n) is 6.00. The standard InChI is InChI=1S/C21H25N3O6/c1-27-16-8-6-5-7-15(16)23-19(25)9-10-20(26)24-22-13-14-11-17(28-2)21(30-4)18(12-14)29-3/h5-8,11-13H,9-10H2,1-4H3,(H,23,25)(H,24,26). The van der Waals surface area contributed by atoms with Crippen molar-refractivity contribution in [3.8, 4) is 23.0 Å². The van der Waals surface area contributed by atoms with E-state index in [4.69, 9.17) is 18.9 Å². The highest BCUT2D eigenvalue weighted by Gasteiger charge is 2.13. The van der Waals surface area contributed by atoms with Gasteiger partial charge in [-0.25, -0.2) is 5.43 Å². The van der Waals surface area contributed by atoms with Crippen LogP contribution in [0, 0.1) is 0 Å². The molecular weight excluding hydrogens is 390 g/mol. The number of carbonyl (C=O) groups excluding carboxylic acids is 2. The molecular formula is C21H25N3O6. The summed E-state index contributed by atoms with van der Waals surface area (Å²) in [6.07, 6.45) is 1.43. The summed E-state index contributed by atoms with van der Waals surface area (Å²) in [5.74, 6) is 1.25. The maximum atomic E-state index is 12.1. The minimum Gasteiger partial charge on any atom is -0.495 e. The molecule has 0 fully saturated rings. The van der Waals surface area contributed by atoms with Crippen molar-refractivity contribution in [1.29, 1.82) is 0 Å². The van der Waals surface area contributed by atoms with Crippen LogP contribution in [0.2, 0.25) is 0 Å². The van der Waals surface area contributed by atoms with Crippen molar-refractivity contribution in [2.45, 2.75) is 12.8 Å². The third-order valence-electron chi connectivity index (χ3n) is 4.05. The van der Waals surface area contributed by atoms with Crippen LogP contribution in [0.1, 0.15) is 18.4 Å². The van der Waals surface area contributed by atoms with Crippen LogP contribution in [0.5, 0.6) is 23.0 Å². The SMILES string of the molecule is COc1ccccc1NC(=O)CCC(=O)NN=Cc1cc(OC)c(OC)c(OC)c1. The van der Waals surface area contributed by atoms with Gasteiger partial charge in [0, 0.05) is 18.4 Å². The number of ether oxygens (including phenoxy) is 4. The number of benzene rings is 2. The molecule has 0 saturated heterocycles. The van der Waals surface area contributed by atoms with E-state index in [1.165, 1.54) is 34.7 Å². The van der Waals surface area contributed by atoms with Crippen LogP contribution in [-0.4, -0.2) is 46.5 Å². The van der Waals surface area contributed by atoms with Crippen molar-refractivity contribution >= 4 is 23.7 Å². The molecule has 0 saturated carbocycles. The molecule has 30 heavy (non-hydrogen) atoms. The van der Waals surface area contributed by atoms with Gasteiger partial charge in [-0.2, -0.15) is 5.10 Å². The molecule has 0 aliphatic rings. The highest BCUT2D eigenvalue weighted by Crippen LogP contribution is 2.37. The van der Waals surface area contributed by atoms with E-state index in [-0.39, 0.29) is 18.7 Å². The molecule has 2 amide bonds. The number of methoxy groups -OCH3 is 4. The molecule has 2 N–H and O–H groups in total. The summed E-state index contributed by atoms with van der Waals surface area (Å²) >= 11 is 0. The third kappa shape index (κ3) is 6.13. The van der Waals surface area contributed by atoms with Gasteiger partial charge in [0.2, 0.25) is 17.6 Å².